The van der Waals surface area contributed by atoms with E-state index in [4.69, 9.17) is 4.52 Å². The topological polar surface area (TPSA) is 109 Å². The number of hydrogen-bond donors (Lipinski definition) is 0. The number of hydrogen-bond acceptors (Lipinski definition) is 8. The summed E-state index contributed by atoms with van der Waals surface area (Å²) in [5.74, 6) is 1.19. The molecule has 0 saturated heterocycles. The van der Waals surface area contributed by atoms with Crippen molar-refractivity contribution in [1.29, 1.82) is 0 Å². The summed E-state index contributed by atoms with van der Waals surface area (Å²) in [6.07, 6.45) is 1.71. The van der Waals surface area contributed by atoms with E-state index in [1.54, 1.807) is 9.36 Å². The van der Waals surface area contributed by atoms with Crippen molar-refractivity contribution in [3.63, 3.8) is 0 Å². The Kier molecular flexibility index (Phi) is 5.53. The third kappa shape index (κ3) is 3.56. The molecule has 0 radical (unpaired) electrons. The Balaban J connectivity index is 1.69. The number of tetrazole rings is 1. The van der Waals surface area contributed by atoms with Gasteiger partial charge in [-0.05, 0) is 42.8 Å². The van der Waals surface area contributed by atoms with Gasteiger partial charge in [-0.1, -0.05) is 42.0 Å². The van der Waals surface area contributed by atoms with E-state index in [1.165, 1.54) is 16.4 Å². The molecular formula is C19H22N8O2S. The van der Waals surface area contributed by atoms with Gasteiger partial charge in [-0.2, -0.15) is 9.67 Å². The summed E-state index contributed by atoms with van der Waals surface area (Å²) in [6.45, 7) is 5.87. The average molecular weight is 427 g/mol. The van der Waals surface area contributed by atoms with Gasteiger partial charge in [0.25, 0.3) is 5.56 Å². The molecule has 11 heteroatoms. The Morgan fingerprint density at radius 1 is 1.23 bits per heavy atom. The lowest BCUT2D eigenvalue weighted by molar-refractivity contribution is 0.374. The highest BCUT2D eigenvalue weighted by Crippen LogP contribution is 2.33. The van der Waals surface area contributed by atoms with Crippen molar-refractivity contribution >= 4 is 11.8 Å². The minimum Gasteiger partial charge on any atom is -0.338 e. The van der Waals surface area contributed by atoms with Crippen LogP contribution >= 0.6 is 11.8 Å². The Hall–Kier alpha value is -3.21. The van der Waals surface area contributed by atoms with E-state index in [1.807, 2.05) is 51.2 Å². The molecule has 4 aromatic rings. The standard InChI is InChI=1S/C19H22N8O2S/c1-5-9-15-20-17(29-22-15)13(3)30-19-21-23-24-26(19)16-12(2)25(4)27(18(16)28)14-10-7-6-8-11-14/h6-8,10-11,13H,5,9H2,1-4H3. The smallest absolute Gasteiger partial charge is 0.297 e. The molecule has 3 heterocycles. The fraction of sp³-hybridized carbons (Fsp3) is 0.368. The summed E-state index contributed by atoms with van der Waals surface area (Å²) >= 11 is 1.36. The maximum absolute atomic E-state index is 13.3. The summed E-state index contributed by atoms with van der Waals surface area (Å²) in [4.78, 5) is 17.7. The summed E-state index contributed by atoms with van der Waals surface area (Å²) in [6, 6.07) is 9.45. The van der Waals surface area contributed by atoms with Gasteiger partial charge in [0, 0.05) is 13.5 Å². The molecule has 3 aromatic heterocycles. The Bertz CT molecular complexity index is 1210. The quantitative estimate of drug-likeness (QED) is 0.415. The summed E-state index contributed by atoms with van der Waals surface area (Å²) in [5, 5.41) is 16.3. The van der Waals surface area contributed by atoms with Crippen LogP contribution in [-0.4, -0.2) is 39.7 Å². The second-order valence-electron chi connectivity index (χ2n) is 6.84. The van der Waals surface area contributed by atoms with Crippen LogP contribution in [0.2, 0.25) is 0 Å². The molecule has 0 saturated carbocycles. The Labute approximate surface area is 176 Å². The van der Waals surface area contributed by atoms with Crippen molar-refractivity contribution in [2.75, 3.05) is 0 Å². The van der Waals surface area contributed by atoms with E-state index in [-0.39, 0.29) is 10.8 Å². The SMILES string of the molecule is CCCc1noc(C(C)Sc2nnnn2-c2c(C)n(C)n(-c3ccccc3)c2=O)n1. The molecule has 0 aliphatic carbocycles. The highest BCUT2D eigenvalue weighted by atomic mass is 32.2. The molecule has 1 unspecified atom stereocenters. The zero-order chi connectivity index (χ0) is 21.3. The van der Waals surface area contributed by atoms with Crippen LogP contribution in [0.4, 0.5) is 0 Å². The molecule has 0 amide bonds. The fourth-order valence-electron chi connectivity index (χ4n) is 3.16. The number of nitrogens with zero attached hydrogens (tertiary/aromatic N) is 8. The number of rotatable bonds is 7. The van der Waals surface area contributed by atoms with Gasteiger partial charge in [-0.3, -0.25) is 9.48 Å². The van der Waals surface area contributed by atoms with E-state index in [2.05, 4.69) is 32.6 Å². The Morgan fingerprint density at radius 2 is 2.00 bits per heavy atom. The molecule has 0 N–H and O–H groups in total. The molecular weight excluding hydrogens is 404 g/mol. The van der Waals surface area contributed by atoms with Crippen molar-refractivity contribution in [3.05, 3.63) is 58.1 Å². The average Bonchev–Trinajstić information content (AvgIpc) is 3.43. The van der Waals surface area contributed by atoms with Crippen molar-refractivity contribution < 1.29 is 4.52 Å². The lowest BCUT2D eigenvalue weighted by Crippen LogP contribution is -2.22. The molecule has 0 aliphatic heterocycles. The highest BCUT2D eigenvalue weighted by Gasteiger charge is 2.24. The van der Waals surface area contributed by atoms with Crippen molar-refractivity contribution in [1.82, 2.24) is 39.7 Å². The van der Waals surface area contributed by atoms with E-state index in [0.29, 0.717) is 22.6 Å². The molecule has 0 spiro atoms. The number of aryl methyl sites for hydroxylation is 1. The maximum Gasteiger partial charge on any atom is 0.297 e. The first-order valence-corrected chi connectivity index (χ1v) is 10.5. The summed E-state index contributed by atoms with van der Waals surface area (Å²) in [5.41, 5.74) is 1.71. The van der Waals surface area contributed by atoms with Crippen LogP contribution in [-0.2, 0) is 13.5 Å². The van der Waals surface area contributed by atoms with Crippen LogP contribution < -0.4 is 5.56 Å². The largest absolute Gasteiger partial charge is 0.338 e. The van der Waals surface area contributed by atoms with Crippen molar-refractivity contribution in [2.45, 2.75) is 44.0 Å². The van der Waals surface area contributed by atoms with Gasteiger partial charge in [0.05, 0.1) is 16.6 Å². The first-order chi connectivity index (χ1) is 14.5. The molecule has 0 bridgehead atoms. The zero-order valence-electron chi connectivity index (χ0n) is 17.2. The normalized spacial score (nSPS) is 12.4. The third-order valence-corrected chi connectivity index (χ3v) is 5.78. The minimum absolute atomic E-state index is 0.173. The van der Waals surface area contributed by atoms with Gasteiger partial charge in [0.1, 0.15) is 0 Å². The van der Waals surface area contributed by atoms with Crippen LogP contribution in [0.1, 0.15) is 42.9 Å². The number of para-hydroxylation sites is 1. The predicted molar refractivity (Wildman–Crippen MR) is 111 cm³/mol. The van der Waals surface area contributed by atoms with Crippen molar-refractivity contribution in [2.24, 2.45) is 7.05 Å². The van der Waals surface area contributed by atoms with E-state index in [0.717, 1.165) is 24.2 Å². The lowest BCUT2D eigenvalue weighted by atomic mass is 10.3. The molecule has 30 heavy (non-hydrogen) atoms. The molecule has 0 fully saturated rings. The molecule has 10 nitrogen and oxygen atoms in total. The summed E-state index contributed by atoms with van der Waals surface area (Å²) in [7, 11) is 1.83. The van der Waals surface area contributed by atoms with Crippen LogP contribution in [0.5, 0.6) is 0 Å². The fourth-order valence-corrected chi connectivity index (χ4v) is 3.98. The first kappa shape index (κ1) is 20.1. The van der Waals surface area contributed by atoms with E-state index >= 15 is 0 Å². The van der Waals surface area contributed by atoms with Gasteiger partial charge in [-0.15, -0.1) is 5.10 Å². The number of aromatic nitrogens is 8. The van der Waals surface area contributed by atoms with Crippen LogP contribution in [0.3, 0.4) is 0 Å². The van der Waals surface area contributed by atoms with Crippen molar-refractivity contribution in [3.8, 4) is 11.4 Å². The first-order valence-electron chi connectivity index (χ1n) is 9.63. The summed E-state index contributed by atoms with van der Waals surface area (Å²) < 4.78 is 10.2. The van der Waals surface area contributed by atoms with Gasteiger partial charge < -0.3 is 4.52 Å². The van der Waals surface area contributed by atoms with Crippen LogP contribution in [0, 0.1) is 6.92 Å². The Morgan fingerprint density at radius 3 is 2.73 bits per heavy atom. The number of thioether (sulfide) groups is 1. The van der Waals surface area contributed by atoms with Gasteiger partial charge in [0.15, 0.2) is 11.5 Å². The van der Waals surface area contributed by atoms with Gasteiger partial charge in [0.2, 0.25) is 11.0 Å². The molecule has 4 rings (SSSR count). The lowest BCUT2D eigenvalue weighted by Gasteiger charge is -2.07. The second kappa shape index (κ2) is 8.27. The van der Waals surface area contributed by atoms with Gasteiger partial charge >= 0.3 is 0 Å². The second-order valence-corrected chi connectivity index (χ2v) is 8.15. The molecule has 156 valence electrons. The zero-order valence-corrected chi connectivity index (χ0v) is 18.0. The minimum atomic E-state index is -0.203. The highest BCUT2D eigenvalue weighted by molar-refractivity contribution is 7.99. The van der Waals surface area contributed by atoms with E-state index in [9.17, 15) is 4.79 Å². The number of benzene rings is 1. The maximum atomic E-state index is 13.3. The third-order valence-electron chi connectivity index (χ3n) is 4.76. The van der Waals surface area contributed by atoms with Crippen LogP contribution in [0.15, 0.2) is 44.8 Å². The monoisotopic (exact) mass is 426 g/mol. The van der Waals surface area contributed by atoms with E-state index < -0.39 is 0 Å². The molecule has 0 aliphatic rings. The van der Waals surface area contributed by atoms with Crippen LogP contribution in [0.25, 0.3) is 11.4 Å². The molecule has 1 atom stereocenters. The predicted octanol–water partition coefficient (Wildman–Crippen LogP) is 2.65. The molecule has 1 aromatic carbocycles. The van der Waals surface area contributed by atoms with Gasteiger partial charge in [-0.25, -0.2) is 4.68 Å².